The van der Waals surface area contributed by atoms with E-state index in [1.807, 2.05) is 0 Å². The highest BCUT2D eigenvalue weighted by Gasteiger charge is 2.15. The first-order valence-corrected chi connectivity index (χ1v) is 4.83. The predicted octanol–water partition coefficient (Wildman–Crippen LogP) is 0.610. The molecule has 0 aliphatic rings. The lowest BCUT2D eigenvalue weighted by Crippen LogP contribution is -2.39. The Morgan fingerprint density at radius 3 is 2.94 bits per heavy atom. The first-order valence-electron chi connectivity index (χ1n) is 4.83. The van der Waals surface area contributed by atoms with E-state index in [0.717, 1.165) is 6.07 Å². The number of halogens is 1. The number of benzene rings is 1. The van der Waals surface area contributed by atoms with Crippen molar-refractivity contribution >= 4 is 11.6 Å². The molecule has 1 rings (SSSR count). The minimum Gasteiger partial charge on any atom is -0.383 e. The number of hydrogen-bond acceptors (Lipinski definition) is 4. The van der Waals surface area contributed by atoms with Crippen molar-refractivity contribution in [2.75, 3.05) is 19.0 Å². The number of anilines is 1. The summed E-state index contributed by atoms with van der Waals surface area (Å²) in [6, 6.07) is 4.68. The molecule has 0 bridgehead atoms. The van der Waals surface area contributed by atoms with E-state index in [9.17, 15) is 9.18 Å². The first kappa shape index (κ1) is 13.1. The molecule has 0 saturated heterocycles. The van der Waals surface area contributed by atoms with Gasteiger partial charge in [-0.2, -0.15) is 5.26 Å². The fourth-order valence-corrected chi connectivity index (χ4v) is 1.17. The van der Waals surface area contributed by atoms with Crippen molar-refractivity contribution in [3.8, 4) is 6.07 Å². The Bertz CT molecular complexity index is 457. The van der Waals surface area contributed by atoms with Crippen LogP contribution in [-0.2, 0) is 9.53 Å². The molecule has 1 atom stereocenters. The van der Waals surface area contributed by atoms with Crippen LogP contribution in [0.2, 0.25) is 0 Å². The van der Waals surface area contributed by atoms with E-state index in [-0.39, 0.29) is 17.9 Å². The molecule has 0 fully saturated rings. The molecular formula is C11H12FN3O2. The molecule has 6 heteroatoms. The summed E-state index contributed by atoms with van der Waals surface area (Å²) < 4.78 is 18.1. The Kier molecular flexibility index (Phi) is 4.57. The Morgan fingerprint density at radius 1 is 1.71 bits per heavy atom. The second-order valence-corrected chi connectivity index (χ2v) is 3.36. The molecule has 1 aromatic rings. The monoisotopic (exact) mass is 237 g/mol. The molecule has 5 nitrogen and oxygen atoms in total. The number of hydrogen-bond donors (Lipinski definition) is 2. The number of amides is 1. The van der Waals surface area contributed by atoms with Crippen LogP contribution < -0.4 is 11.1 Å². The summed E-state index contributed by atoms with van der Waals surface area (Å²) >= 11 is 0. The SMILES string of the molecule is COCC(N)C(=O)Nc1ccc(C#N)cc1F. The van der Waals surface area contributed by atoms with Crippen LogP contribution in [0.3, 0.4) is 0 Å². The van der Waals surface area contributed by atoms with E-state index < -0.39 is 17.8 Å². The summed E-state index contributed by atoms with van der Waals surface area (Å²) in [6.07, 6.45) is 0. The van der Waals surface area contributed by atoms with Crippen LogP contribution in [0.4, 0.5) is 10.1 Å². The lowest BCUT2D eigenvalue weighted by Gasteiger charge is -2.11. The van der Waals surface area contributed by atoms with Crippen molar-refractivity contribution in [3.63, 3.8) is 0 Å². The molecule has 0 heterocycles. The minimum absolute atomic E-state index is 0.0134. The van der Waals surface area contributed by atoms with Crippen molar-refractivity contribution in [2.45, 2.75) is 6.04 Å². The maximum atomic E-state index is 13.4. The number of nitrogens with one attached hydrogen (secondary N) is 1. The molecule has 0 aromatic heterocycles. The van der Waals surface area contributed by atoms with Crippen LogP contribution >= 0.6 is 0 Å². The van der Waals surface area contributed by atoms with E-state index in [2.05, 4.69) is 5.32 Å². The van der Waals surface area contributed by atoms with Crippen LogP contribution in [0.5, 0.6) is 0 Å². The zero-order chi connectivity index (χ0) is 12.8. The van der Waals surface area contributed by atoms with Gasteiger partial charge in [0, 0.05) is 7.11 Å². The smallest absolute Gasteiger partial charge is 0.243 e. The lowest BCUT2D eigenvalue weighted by molar-refractivity contribution is -0.118. The van der Waals surface area contributed by atoms with Gasteiger partial charge in [0.2, 0.25) is 5.91 Å². The number of nitrogens with zero attached hydrogens (tertiary/aromatic N) is 1. The third kappa shape index (κ3) is 3.52. The topological polar surface area (TPSA) is 88.1 Å². The van der Waals surface area contributed by atoms with Gasteiger partial charge in [-0.25, -0.2) is 4.39 Å². The highest BCUT2D eigenvalue weighted by atomic mass is 19.1. The average molecular weight is 237 g/mol. The highest BCUT2D eigenvalue weighted by molar-refractivity contribution is 5.94. The van der Waals surface area contributed by atoms with Gasteiger partial charge in [0.25, 0.3) is 0 Å². The molecule has 1 amide bonds. The van der Waals surface area contributed by atoms with E-state index in [4.69, 9.17) is 15.7 Å². The van der Waals surface area contributed by atoms with Gasteiger partial charge in [-0.15, -0.1) is 0 Å². The van der Waals surface area contributed by atoms with Crippen LogP contribution in [0.1, 0.15) is 5.56 Å². The second-order valence-electron chi connectivity index (χ2n) is 3.36. The third-order valence-corrected chi connectivity index (χ3v) is 2.04. The number of nitriles is 1. The molecule has 1 aromatic carbocycles. The maximum Gasteiger partial charge on any atom is 0.243 e. The minimum atomic E-state index is -0.866. The summed E-state index contributed by atoms with van der Waals surface area (Å²) in [7, 11) is 1.41. The van der Waals surface area contributed by atoms with E-state index in [0.29, 0.717) is 0 Å². The summed E-state index contributed by atoms with van der Waals surface area (Å²) in [5, 5.41) is 10.9. The number of methoxy groups -OCH3 is 1. The largest absolute Gasteiger partial charge is 0.383 e. The van der Waals surface area contributed by atoms with Gasteiger partial charge in [-0.1, -0.05) is 0 Å². The number of nitrogens with two attached hydrogens (primary N) is 1. The molecule has 0 aliphatic carbocycles. The summed E-state index contributed by atoms with van der Waals surface area (Å²) in [5.74, 6) is -1.22. The number of carbonyl (C=O) groups is 1. The normalized spacial score (nSPS) is 11.6. The molecule has 0 aliphatic heterocycles. The van der Waals surface area contributed by atoms with Crippen LogP contribution in [0.25, 0.3) is 0 Å². The quantitative estimate of drug-likeness (QED) is 0.803. The van der Waals surface area contributed by atoms with Crippen molar-refractivity contribution in [2.24, 2.45) is 5.73 Å². The maximum absolute atomic E-state index is 13.4. The van der Waals surface area contributed by atoms with Crippen molar-refractivity contribution in [3.05, 3.63) is 29.6 Å². The van der Waals surface area contributed by atoms with Gasteiger partial charge >= 0.3 is 0 Å². The molecule has 90 valence electrons. The standard InChI is InChI=1S/C11H12FN3O2/c1-17-6-9(14)11(16)15-10-3-2-7(5-13)4-8(10)12/h2-4,9H,6,14H2,1H3,(H,15,16). The highest BCUT2D eigenvalue weighted by Crippen LogP contribution is 2.15. The fraction of sp³-hybridized carbons (Fsp3) is 0.273. The van der Waals surface area contributed by atoms with Crippen molar-refractivity contribution in [1.29, 1.82) is 5.26 Å². The number of rotatable bonds is 4. The second kappa shape index (κ2) is 5.94. The molecule has 1 unspecified atom stereocenters. The average Bonchev–Trinajstić information content (AvgIpc) is 2.31. The summed E-state index contributed by atoms with van der Waals surface area (Å²) in [6.45, 7) is 0.0454. The zero-order valence-corrected chi connectivity index (χ0v) is 9.24. The Hall–Kier alpha value is -1.97. The van der Waals surface area contributed by atoms with Crippen LogP contribution in [0, 0.1) is 17.1 Å². The lowest BCUT2D eigenvalue weighted by atomic mass is 10.2. The van der Waals surface area contributed by atoms with Gasteiger partial charge in [-0.3, -0.25) is 4.79 Å². The van der Waals surface area contributed by atoms with E-state index >= 15 is 0 Å². The van der Waals surface area contributed by atoms with Gasteiger partial charge in [0.05, 0.1) is 23.9 Å². The Balaban J connectivity index is 2.76. The molecule has 0 saturated carbocycles. The van der Waals surface area contributed by atoms with Crippen LogP contribution in [0.15, 0.2) is 18.2 Å². The van der Waals surface area contributed by atoms with Crippen molar-refractivity contribution < 1.29 is 13.9 Å². The van der Waals surface area contributed by atoms with Gasteiger partial charge in [0.15, 0.2) is 0 Å². The van der Waals surface area contributed by atoms with E-state index in [1.165, 1.54) is 19.2 Å². The van der Waals surface area contributed by atoms with Gasteiger partial charge in [-0.05, 0) is 18.2 Å². The number of carbonyl (C=O) groups excluding carboxylic acids is 1. The van der Waals surface area contributed by atoms with Crippen molar-refractivity contribution in [1.82, 2.24) is 0 Å². The predicted molar refractivity (Wildman–Crippen MR) is 59.6 cm³/mol. The fourth-order valence-electron chi connectivity index (χ4n) is 1.17. The summed E-state index contributed by atoms with van der Waals surface area (Å²) in [5.41, 5.74) is 5.64. The zero-order valence-electron chi connectivity index (χ0n) is 9.24. The first-order chi connectivity index (χ1) is 8.08. The number of ether oxygens (including phenoxy) is 1. The Morgan fingerprint density at radius 2 is 2.41 bits per heavy atom. The summed E-state index contributed by atoms with van der Waals surface area (Å²) in [4.78, 5) is 11.5. The molecule has 0 radical (unpaired) electrons. The molecular weight excluding hydrogens is 225 g/mol. The van der Waals surface area contributed by atoms with E-state index in [1.54, 1.807) is 6.07 Å². The molecule has 0 spiro atoms. The van der Waals surface area contributed by atoms with Crippen LogP contribution in [-0.4, -0.2) is 25.7 Å². The molecule has 3 N–H and O–H groups in total. The van der Waals surface area contributed by atoms with Gasteiger partial charge < -0.3 is 15.8 Å². The Labute approximate surface area is 98.0 Å². The third-order valence-electron chi connectivity index (χ3n) is 2.04. The van der Waals surface area contributed by atoms with Gasteiger partial charge in [0.1, 0.15) is 11.9 Å². The molecule has 17 heavy (non-hydrogen) atoms.